The van der Waals surface area contributed by atoms with E-state index in [0.717, 1.165) is 6.42 Å². The molecule has 1 saturated carbocycles. The van der Waals surface area contributed by atoms with Gasteiger partial charge in [-0.1, -0.05) is 51.5 Å². The maximum atomic E-state index is 9.65. The lowest BCUT2D eigenvalue weighted by atomic mass is 9.49. The van der Waals surface area contributed by atoms with Gasteiger partial charge >= 0.3 is 0 Å². The van der Waals surface area contributed by atoms with Crippen LogP contribution in [0, 0.1) is 5.92 Å². The molecule has 0 aliphatic heterocycles. The van der Waals surface area contributed by atoms with Gasteiger partial charge in [-0.05, 0) is 54.2 Å². The van der Waals surface area contributed by atoms with Gasteiger partial charge in [-0.3, -0.25) is 0 Å². The van der Waals surface area contributed by atoms with Crippen LogP contribution in [0.2, 0.25) is 0 Å². The first kappa shape index (κ1) is 15.9. The number of hydrogen-bond acceptors (Lipinski definition) is 2. The summed E-state index contributed by atoms with van der Waals surface area (Å²) in [5.41, 5.74) is 2.53. The van der Waals surface area contributed by atoms with Crippen molar-refractivity contribution in [2.75, 3.05) is 0 Å². The molecule has 2 aromatic rings. The molecule has 1 aliphatic carbocycles. The third-order valence-corrected chi connectivity index (χ3v) is 6.42. The number of aromatic hydroxyl groups is 2. The van der Waals surface area contributed by atoms with Crippen molar-refractivity contribution in [2.24, 2.45) is 5.92 Å². The average Bonchev–Trinajstić information content (AvgIpc) is 2.54. The highest BCUT2D eigenvalue weighted by Crippen LogP contribution is 2.56. The lowest BCUT2D eigenvalue weighted by molar-refractivity contribution is 0.107. The Balaban J connectivity index is 2.15. The first-order valence-corrected chi connectivity index (χ1v) is 8.47. The maximum Gasteiger partial charge on any atom is 0.115 e. The molecule has 1 fully saturated rings. The molecule has 3 atom stereocenters. The molecule has 0 radical (unpaired) electrons. The van der Waals surface area contributed by atoms with Gasteiger partial charge in [0.15, 0.2) is 0 Å². The van der Waals surface area contributed by atoms with Gasteiger partial charge in [0.25, 0.3) is 0 Å². The molecule has 2 nitrogen and oxygen atoms in total. The van der Waals surface area contributed by atoms with E-state index in [1.54, 1.807) is 24.3 Å². The second kappa shape index (κ2) is 5.59. The van der Waals surface area contributed by atoms with Crippen molar-refractivity contribution in [2.45, 2.75) is 50.9 Å². The third-order valence-electron chi connectivity index (χ3n) is 6.42. The van der Waals surface area contributed by atoms with Crippen LogP contribution in [-0.4, -0.2) is 10.2 Å². The molecule has 3 rings (SSSR count). The molecule has 23 heavy (non-hydrogen) atoms. The number of phenols is 2. The van der Waals surface area contributed by atoms with Crippen LogP contribution in [-0.2, 0) is 10.8 Å². The molecule has 1 aliphatic rings. The number of phenolic OH excluding ortho intramolecular Hbond substituents is 2. The molecule has 2 N–H and O–H groups in total. The predicted octanol–water partition coefficient (Wildman–Crippen LogP) is 5.13. The lowest BCUT2D eigenvalue weighted by Gasteiger charge is -2.55. The van der Waals surface area contributed by atoms with Crippen LogP contribution in [0.1, 0.15) is 51.2 Å². The van der Waals surface area contributed by atoms with Gasteiger partial charge in [-0.25, -0.2) is 0 Å². The van der Waals surface area contributed by atoms with E-state index < -0.39 is 0 Å². The van der Waals surface area contributed by atoms with Gasteiger partial charge in [0.2, 0.25) is 0 Å². The Hall–Kier alpha value is -1.96. The molecule has 3 unspecified atom stereocenters. The summed E-state index contributed by atoms with van der Waals surface area (Å²) in [4.78, 5) is 0. The zero-order valence-electron chi connectivity index (χ0n) is 14.2. The van der Waals surface area contributed by atoms with E-state index in [0.29, 0.717) is 17.4 Å². The number of hydrogen-bond donors (Lipinski definition) is 2. The van der Waals surface area contributed by atoms with Crippen LogP contribution in [0.3, 0.4) is 0 Å². The second-order valence-corrected chi connectivity index (χ2v) is 7.42. The largest absolute Gasteiger partial charge is 0.508 e. The molecule has 0 spiro atoms. The van der Waals surface area contributed by atoms with E-state index >= 15 is 0 Å². The highest BCUT2D eigenvalue weighted by Gasteiger charge is 2.51. The lowest BCUT2D eigenvalue weighted by Crippen LogP contribution is -2.52. The minimum atomic E-state index is -0.0179. The SMILES string of the molecule is CC1CCCC(C)(c2ccc(O)cc2)C1(C)c1ccc(O)cc1. The summed E-state index contributed by atoms with van der Waals surface area (Å²) < 4.78 is 0. The minimum Gasteiger partial charge on any atom is -0.508 e. The Morgan fingerprint density at radius 2 is 1.30 bits per heavy atom. The van der Waals surface area contributed by atoms with Crippen LogP contribution in [0.15, 0.2) is 48.5 Å². The minimum absolute atomic E-state index is 0.00462. The Labute approximate surface area is 138 Å². The van der Waals surface area contributed by atoms with E-state index in [1.807, 2.05) is 0 Å². The van der Waals surface area contributed by atoms with E-state index in [2.05, 4.69) is 45.0 Å². The van der Waals surface area contributed by atoms with E-state index in [4.69, 9.17) is 0 Å². The van der Waals surface area contributed by atoms with Gasteiger partial charge in [0.05, 0.1) is 0 Å². The van der Waals surface area contributed by atoms with Gasteiger partial charge in [-0.15, -0.1) is 0 Å². The second-order valence-electron chi connectivity index (χ2n) is 7.42. The predicted molar refractivity (Wildman–Crippen MR) is 93.9 cm³/mol. The average molecular weight is 310 g/mol. The highest BCUT2D eigenvalue weighted by molar-refractivity contribution is 5.42. The molecule has 2 aromatic carbocycles. The summed E-state index contributed by atoms with van der Waals surface area (Å²) in [5.74, 6) is 1.17. The van der Waals surface area contributed by atoms with Crippen molar-refractivity contribution >= 4 is 0 Å². The fourth-order valence-electron chi connectivity index (χ4n) is 4.54. The normalized spacial score (nSPS) is 31.0. The van der Waals surface area contributed by atoms with E-state index in [-0.39, 0.29) is 10.8 Å². The zero-order valence-corrected chi connectivity index (χ0v) is 14.2. The first-order chi connectivity index (χ1) is 10.9. The van der Waals surface area contributed by atoms with Gasteiger partial charge < -0.3 is 10.2 Å². The zero-order chi connectivity index (χ0) is 16.7. The first-order valence-electron chi connectivity index (χ1n) is 8.47. The number of benzene rings is 2. The summed E-state index contributed by atoms with van der Waals surface area (Å²) in [5, 5.41) is 19.3. The topological polar surface area (TPSA) is 40.5 Å². The Morgan fingerprint density at radius 3 is 1.83 bits per heavy atom. The Morgan fingerprint density at radius 1 is 0.826 bits per heavy atom. The van der Waals surface area contributed by atoms with Crippen molar-refractivity contribution in [1.29, 1.82) is 0 Å². The summed E-state index contributed by atoms with van der Waals surface area (Å²) in [6.07, 6.45) is 3.55. The van der Waals surface area contributed by atoms with Gasteiger partial charge in [0, 0.05) is 10.8 Å². The monoisotopic (exact) mass is 310 g/mol. The van der Waals surface area contributed by atoms with E-state index in [9.17, 15) is 10.2 Å². The van der Waals surface area contributed by atoms with Crippen LogP contribution in [0.25, 0.3) is 0 Å². The van der Waals surface area contributed by atoms with Gasteiger partial charge in [0.1, 0.15) is 11.5 Å². The summed E-state index contributed by atoms with van der Waals surface area (Å²) in [6.45, 7) is 7.04. The molecule has 122 valence electrons. The standard InChI is InChI=1S/C21H26O2/c1-15-5-4-14-20(2,16-6-10-18(22)11-7-16)21(15,3)17-8-12-19(23)13-9-17/h6-13,15,22-23H,4-5,14H2,1-3H3. The van der Waals surface area contributed by atoms with Crippen LogP contribution < -0.4 is 0 Å². The van der Waals surface area contributed by atoms with Crippen LogP contribution >= 0.6 is 0 Å². The van der Waals surface area contributed by atoms with Crippen molar-refractivity contribution < 1.29 is 10.2 Å². The third kappa shape index (κ3) is 2.41. The van der Waals surface area contributed by atoms with Crippen molar-refractivity contribution in [1.82, 2.24) is 0 Å². The molecular formula is C21H26O2. The molecule has 0 heterocycles. The fraction of sp³-hybridized carbons (Fsp3) is 0.429. The fourth-order valence-corrected chi connectivity index (χ4v) is 4.54. The van der Waals surface area contributed by atoms with E-state index in [1.165, 1.54) is 24.0 Å². The summed E-state index contributed by atoms with van der Waals surface area (Å²) in [6, 6.07) is 15.4. The quantitative estimate of drug-likeness (QED) is 0.807. The molecule has 0 aromatic heterocycles. The van der Waals surface area contributed by atoms with Crippen LogP contribution in [0.4, 0.5) is 0 Å². The van der Waals surface area contributed by atoms with Crippen molar-refractivity contribution in [3.05, 3.63) is 59.7 Å². The molecular weight excluding hydrogens is 284 g/mol. The Kier molecular flexibility index (Phi) is 3.87. The summed E-state index contributed by atoms with van der Waals surface area (Å²) >= 11 is 0. The highest BCUT2D eigenvalue weighted by atomic mass is 16.3. The molecule has 2 heteroatoms. The maximum absolute atomic E-state index is 9.65. The van der Waals surface area contributed by atoms with Gasteiger partial charge in [-0.2, -0.15) is 0 Å². The molecule has 0 saturated heterocycles. The summed E-state index contributed by atoms with van der Waals surface area (Å²) in [7, 11) is 0. The molecule has 0 bridgehead atoms. The Bertz CT molecular complexity index is 674. The smallest absolute Gasteiger partial charge is 0.115 e. The van der Waals surface area contributed by atoms with Crippen LogP contribution in [0.5, 0.6) is 11.5 Å². The van der Waals surface area contributed by atoms with Crippen molar-refractivity contribution in [3.8, 4) is 11.5 Å². The molecule has 0 amide bonds. The number of rotatable bonds is 2. The van der Waals surface area contributed by atoms with Crippen molar-refractivity contribution in [3.63, 3.8) is 0 Å².